The van der Waals surface area contributed by atoms with E-state index in [-0.39, 0.29) is 5.60 Å². The lowest BCUT2D eigenvalue weighted by molar-refractivity contribution is -0.119. The largest absolute Gasteiger partial charge is 0.373 e. The van der Waals surface area contributed by atoms with Crippen molar-refractivity contribution in [3.8, 4) is 0 Å². The first-order chi connectivity index (χ1) is 12.2. The average molecular weight is 355 g/mol. The topological polar surface area (TPSA) is 34.3 Å². The summed E-state index contributed by atoms with van der Waals surface area (Å²) >= 11 is 0. The molecule has 0 N–H and O–H groups in total. The molecule has 25 heavy (non-hydrogen) atoms. The standard InChI is InChI=1S/C22H42O3/c1-5-9-11-18(7-3)13-22(14-20-15-23-20,25-17-21-16-24-21)19(8-4)12-10-6-2/h18-21H,5-17H2,1-4H3. The Morgan fingerprint density at radius 1 is 0.920 bits per heavy atom. The Morgan fingerprint density at radius 2 is 1.56 bits per heavy atom. The third-order valence-corrected chi connectivity index (χ3v) is 6.26. The highest BCUT2D eigenvalue weighted by atomic mass is 16.6. The van der Waals surface area contributed by atoms with Gasteiger partial charge in [-0.05, 0) is 24.7 Å². The van der Waals surface area contributed by atoms with Gasteiger partial charge in [-0.1, -0.05) is 72.6 Å². The second-order valence-corrected chi connectivity index (χ2v) is 8.36. The van der Waals surface area contributed by atoms with Crippen LogP contribution in [0.4, 0.5) is 0 Å². The third-order valence-electron chi connectivity index (χ3n) is 6.26. The first-order valence-electron chi connectivity index (χ1n) is 11.0. The van der Waals surface area contributed by atoms with Gasteiger partial charge < -0.3 is 14.2 Å². The average Bonchev–Trinajstić information content (AvgIpc) is 3.52. The van der Waals surface area contributed by atoms with Crippen molar-refractivity contribution in [2.45, 2.75) is 110 Å². The van der Waals surface area contributed by atoms with Crippen molar-refractivity contribution in [3.05, 3.63) is 0 Å². The Balaban J connectivity index is 2.12. The summed E-state index contributed by atoms with van der Waals surface area (Å²) in [5, 5.41) is 0. The van der Waals surface area contributed by atoms with Crippen molar-refractivity contribution in [3.63, 3.8) is 0 Å². The van der Waals surface area contributed by atoms with Crippen molar-refractivity contribution in [2.24, 2.45) is 11.8 Å². The molecule has 0 aliphatic carbocycles. The van der Waals surface area contributed by atoms with E-state index in [0.717, 1.165) is 32.2 Å². The monoisotopic (exact) mass is 354 g/mol. The van der Waals surface area contributed by atoms with E-state index in [0.29, 0.717) is 18.1 Å². The maximum absolute atomic E-state index is 6.76. The van der Waals surface area contributed by atoms with Gasteiger partial charge in [0.1, 0.15) is 6.10 Å². The molecule has 0 aromatic carbocycles. The van der Waals surface area contributed by atoms with E-state index >= 15 is 0 Å². The Bertz CT molecular complexity index is 351. The first-order valence-corrected chi connectivity index (χ1v) is 11.0. The zero-order chi connectivity index (χ0) is 18.1. The summed E-state index contributed by atoms with van der Waals surface area (Å²) in [6, 6.07) is 0. The lowest BCUT2D eigenvalue weighted by Gasteiger charge is -2.43. The molecule has 3 nitrogen and oxygen atoms in total. The van der Waals surface area contributed by atoms with Gasteiger partial charge in [0.15, 0.2) is 0 Å². The lowest BCUT2D eigenvalue weighted by atomic mass is 9.72. The number of ether oxygens (including phenoxy) is 3. The Morgan fingerprint density at radius 3 is 2.08 bits per heavy atom. The summed E-state index contributed by atoms with van der Waals surface area (Å²) in [5.41, 5.74) is -0.00848. The molecule has 0 amide bonds. The van der Waals surface area contributed by atoms with Gasteiger partial charge in [-0.25, -0.2) is 0 Å². The molecule has 2 aliphatic rings. The molecule has 0 aromatic rings. The molecule has 5 unspecified atom stereocenters. The number of epoxide rings is 2. The zero-order valence-electron chi connectivity index (χ0n) is 17.2. The minimum Gasteiger partial charge on any atom is -0.373 e. The highest BCUT2D eigenvalue weighted by Gasteiger charge is 2.45. The second kappa shape index (κ2) is 10.9. The van der Waals surface area contributed by atoms with Crippen LogP contribution in [0, 0.1) is 11.8 Å². The van der Waals surface area contributed by atoms with Crippen molar-refractivity contribution < 1.29 is 14.2 Å². The van der Waals surface area contributed by atoms with E-state index in [1.165, 1.54) is 57.8 Å². The summed E-state index contributed by atoms with van der Waals surface area (Å²) in [5.74, 6) is 1.42. The molecule has 5 atom stereocenters. The van der Waals surface area contributed by atoms with Crippen LogP contribution in [0.2, 0.25) is 0 Å². The molecule has 2 heterocycles. The molecule has 0 saturated carbocycles. The zero-order valence-corrected chi connectivity index (χ0v) is 17.2. The molecule has 2 rings (SSSR count). The smallest absolute Gasteiger partial charge is 0.104 e. The van der Waals surface area contributed by atoms with Crippen molar-refractivity contribution in [1.29, 1.82) is 0 Å². The fourth-order valence-electron chi connectivity index (χ4n) is 4.37. The third kappa shape index (κ3) is 7.19. The normalized spacial score (nSPS) is 26.9. The number of unbranched alkanes of at least 4 members (excludes halogenated alkanes) is 2. The molecule has 2 saturated heterocycles. The van der Waals surface area contributed by atoms with Crippen LogP contribution in [-0.4, -0.2) is 37.6 Å². The van der Waals surface area contributed by atoms with Gasteiger partial charge in [-0.3, -0.25) is 0 Å². The molecule has 0 aromatic heterocycles. The molecule has 0 bridgehead atoms. The maximum atomic E-state index is 6.76. The van der Waals surface area contributed by atoms with Crippen LogP contribution in [0.3, 0.4) is 0 Å². The maximum Gasteiger partial charge on any atom is 0.104 e. The SMILES string of the molecule is CCCCC(CC)CC(CC1CO1)(OCC1CO1)C(CC)CCCC. The van der Waals surface area contributed by atoms with Crippen LogP contribution < -0.4 is 0 Å². The molecule has 3 heteroatoms. The van der Waals surface area contributed by atoms with E-state index in [1.54, 1.807) is 0 Å². The second-order valence-electron chi connectivity index (χ2n) is 8.36. The fourth-order valence-corrected chi connectivity index (χ4v) is 4.37. The Hall–Kier alpha value is -0.120. The minimum absolute atomic E-state index is 0.00848. The van der Waals surface area contributed by atoms with Crippen molar-refractivity contribution >= 4 is 0 Å². The van der Waals surface area contributed by atoms with Gasteiger partial charge in [0.2, 0.25) is 0 Å². The molecule has 2 fully saturated rings. The van der Waals surface area contributed by atoms with Crippen LogP contribution in [-0.2, 0) is 14.2 Å². The quantitative estimate of drug-likeness (QED) is 0.331. The molecular weight excluding hydrogens is 312 g/mol. The predicted molar refractivity (Wildman–Crippen MR) is 104 cm³/mol. The van der Waals surface area contributed by atoms with E-state index in [2.05, 4.69) is 27.7 Å². The minimum atomic E-state index is -0.00848. The molecule has 148 valence electrons. The van der Waals surface area contributed by atoms with E-state index in [4.69, 9.17) is 14.2 Å². The molecular formula is C22H42O3. The summed E-state index contributed by atoms with van der Waals surface area (Å²) in [6.07, 6.45) is 13.4. The highest BCUT2D eigenvalue weighted by Crippen LogP contribution is 2.43. The van der Waals surface area contributed by atoms with Crippen LogP contribution in [0.15, 0.2) is 0 Å². The highest BCUT2D eigenvalue weighted by molar-refractivity contribution is 4.95. The van der Waals surface area contributed by atoms with Gasteiger partial charge >= 0.3 is 0 Å². The van der Waals surface area contributed by atoms with E-state index in [1.807, 2.05) is 0 Å². The van der Waals surface area contributed by atoms with E-state index in [9.17, 15) is 0 Å². The summed E-state index contributed by atoms with van der Waals surface area (Å²) in [6.45, 7) is 11.9. The fraction of sp³-hybridized carbons (Fsp3) is 1.00. The van der Waals surface area contributed by atoms with Crippen LogP contribution >= 0.6 is 0 Å². The lowest BCUT2D eigenvalue weighted by Crippen LogP contribution is -2.45. The molecule has 0 spiro atoms. The van der Waals surface area contributed by atoms with Crippen molar-refractivity contribution in [1.82, 2.24) is 0 Å². The van der Waals surface area contributed by atoms with Crippen LogP contribution in [0.5, 0.6) is 0 Å². The number of hydrogen-bond acceptors (Lipinski definition) is 3. The Labute approximate surface area is 156 Å². The van der Waals surface area contributed by atoms with Gasteiger partial charge in [0, 0.05) is 6.42 Å². The number of rotatable bonds is 16. The molecule has 2 aliphatic heterocycles. The first kappa shape index (κ1) is 21.2. The van der Waals surface area contributed by atoms with Gasteiger partial charge in [-0.15, -0.1) is 0 Å². The van der Waals surface area contributed by atoms with Gasteiger partial charge in [-0.2, -0.15) is 0 Å². The van der Waals surface area contributed by atoms with Crippen LogP contribution in [0.25, 0.3) is 0 Å². The number of hydrogen-bond donors (Lipinski definition) is 0. The van der Waals surface area contributed by atoms with Gasteiger partial charge in [0.05, 0.1) is 31.5 Å². The van der Waals surface area contributed by atoms with E-state index < -0.39 is 0 Å². The van der Waals surface area contributed by atoms with Crippen molar-refractivity contribution in [2.75, 3.05) is 19.8 Å². The van der Waals surface area contributed by atoms with Gasteiger partial charge in [0.25, 0.3) is 0 Å². The van der Waals surface area contributed by atoms with Crippen LogP contribution in [0.1, 0.15) is 91.9 Å². The summed E-state index contributed by atoms with van der Waals surface area (Å²) in [4.78, 5) is 0. The predicted octanol–water partition coefficient (Wildman–Crippen LogP) is 5.75. The Kier molecular flexibility index (Phi) is 9.23. The summed E-state index contributed by atoms with van der Waals surface area (Å²) < 4.78 is 17.9. The molecule has 0 radical (unpaired) electrons. The summed E-state index contributed by atoms with van der Waals surface area (Å²) in [7, 11) is 0.